The van der Waals surface area contributed by atoms with Crippen LogP contribution < -0.4 is 5.32 Å². The van der Waals surface area contributed by atoms with Crippen LogP contribution in [0.3, 0.4) is 0 Å². The van der Waals surface area contributed by atoms with Gasteiger partial charge in [0.05, 0.1) is 0 Å². The number of hydrogen-bond donors (Lipinski definition) is 1. The van der Waals surface area contributed by atoms with Gasteiger partial charge in [-0.3, -0.25) is 9.59 Å². The second-order valence-corrected chi connectivity index (χ2v) is 5.59. The first-order chi connectivity index (χ1) is 9.06. The van der Waals surface area contributed by atoms with Crippen LogP contribution in [-0.4, -0.2) is 74.6 Å². The minimum atomic E-state index is -0.129. The van der Waals surface area contributed by atoms with Crippen molar-refractivity contribution in [1.29, 1.82) is 0 Å². The molecule has 0 spiro atoms. The van der Waals surface area contributed by atoms with Crippen LogP contribution in [0.2, 0.25) is 0 Å². The second kappa shape index (κ2) is 6.34. The minimum absolute atomic E-state index is 0.0389. The Labute approximate surface area is 114 Å². The lowest BCUT2D eigenvalue weighted by Gasteiger charge is -2.44. The Morgan fingerprint density at radius 2 is 1.95 bits per heavy atom. The lowest BCUT2D eigenvalue weighted by atomic mass is 9.84. The zero-order valence-electron chi connectivity index (χ0n) is 11.7. The van der Waals surface area contributed by atoms with Crippen LogP contribution in [0.5, 0.6) is 0 Å². The topological polar surface area (TPSA) is 61.9 Å². The summed E-state index contributed by atoms with van der Waals surface area (Å²) >= 11 is 0. The molecule has 2 bridgehead atoms. The number of fused-ring (bicyclic) bond motifs is 3. The van der Waals surface area contributed by atoms with Gasteiger partial charge in [-0.2, -0.15) is 0 Å². The molecule has 108 valence electrons. The first-order valence-corrected chi connectivity index (χ1v) is 6.86. The average molecular weight is 269 g/mol. The van der Waals surface area contributed by atoms with Crippen molar-refractivity contribution in [2.75, 3.05) is 46.9 Å². The van der Waals surface area contributed by atoms with Gasteiger partial charge in [-0.1, -0.05) is 0 Å². The molecule has 6 nitrogen and oxygen atoms in total. The molecule has 2 amide bonds. The number of nitrogens with zero attached hydrogens (tertiary/aromatic N) is 2. The van der Waals surface area contributed by atoms with Crippen LogP contribution in [0.1, 0.15) is 12.8 Å². The largest absolute Gasteiger partial charge is 0.362 e. The lowest BCUT2D eigenvalue weighted by molar-refractivity contribution is -0.136. The molecule has 6 heteroatoms. The standard InChI is InChI=1S/C13H23N3O3/c1-15(2)13(18)9-19-8-12(17)14-11-7-16-5-3-10(11)4-6-16/h10-11H,3-9H2,1-2H3,(H,14,17). The molecule has 3 fully saturated rings. The third-order valence-corrected chi connectivity index (χ3v) is 3.96. The third-order valence-electron chi connectivity index (χ3n) is 3.96. The van der Waals surface area contributed by atoms with Crippen LogP contribution in [0.4, 0.5) is 0 Å². The van der Waals surface area contributed by atoms with E-state index in [4.69, 9.17) is 4.74 Å². The fourth-order valence-corrected chi connectivity index (χ4v) is 2.74. The highest BCUT2D eigenvalue weighted by atomic mass is 16.5. The van der Waals surface area contributed by atoms with E-state index >= 15 is 0 Å². The quantitative estimate of drug-likeness (QED) is 0.717. The number of rotatable bonds is 5. The monoisotopic (exact) mass is 269 g/mol. The van der Waals surface area contributed by atoms with Crippen molar-refractivity contribution in [3.63, 3.8) is 0 Å². The van der Waals surface area contributed by atoms with Crippen LogP contribution in [0, 0.1) is 5.92 Å². The van der Waals surface area contributed by atoms with Crippen molar-refractivity contribution < 1.29 is 14.3 Å². The average Bonchev–Trinajstić information content (AvgIpc) is 2.39. The molecule has 0 aromatic carbocycles. The highest BCUT2D eigenvalue weighted by molar-refractivity contribution is 5.79. The molecule has 3 aliphatic rings. The number of likely N-dealkylation sites (N-methyl/N-ethyl adjacent to an activating group) is 1. The molecule has 0 saturated carbocycles. The normalized spacial score (nSPS) is 29.1. The molecule has 0 aromatic rings. The predicted molar refractivity (Wildman–Crippen MR) is 70.6 cm³/mol. The van der Waals surface area contributed by atoms with Crippen molar-refractivity contribution >= 4 is 11.8 Å². The van der Waals surface area contributed by atoms with Crippen LogP contribution >= 0.6 is 0 Å². The third kappa shape index (κ3) is 3.91. The molecule has 1 N–H and O–H groups in total. The van der Waals surface area contributed by atoms with Crippen molar-refractivity contribution in [2.24, 2.45) is 5.92 Å². The molecule has 3 aliphatic heterocycles. The van der Waals surface area contributed by atoms with Gasteiger partial charge in [0.15, 0.2) is 0 Å². The summed E-state index contributed by atoms with van der Waals surface area (Å²) in [6, 6.07) is 0.253. The number of amides is 2. The summed E-state index contributed by atoms with van der Waals surface area (Å²) in [6.07, 6.45) is 2.34. The van der Waals surface area contributed by atoms with Gasteiger partial charge in [0.1, 0.15) is 13.2 Å². The number of carbonyl (C=O) groups excluding carboxylic acids is 2. The van der Waals surface area contributed by atoms with E-state index in [9.17, 15) is 9.59 Å². The Balaban J connectivity index is 1.66. The minimum Gasteiger partial charge on any atom is -0.362 e. The fourth-order valence-electron chi connectivity index (χ4n) is 2.74. The van der Waals surface area contributed by atoms with E-state index in [1.54, 1.807) is 14.1 Å². The Bertz CT molecular complexity index is 338. The van der Waals surface area contributed by atoms with Gasteiger partial charge in [0.25, 0.3) is 0 Å². The van der Waals surface area contributed by atoms with Crippen LogP contribution in [-0.2, 0) is 14.3 Å². The van der Waals surface area contributed by atoms with Crippen molar-refractivity contribution in [2.45, 2.75) is 18.9 Å². The molecule has 3 rings (SSSR count). The number of ether oxygens (including phenoxy) is 1. The van der Waals surface area contributed by atoms with E-state index < -0.39 is 0 Å². The molecule has 0 aromatic heterocycles. The summed E-state index contributed by atoms with van der Waals surface area (Å²) in [5.41, 5.74) is 0. The number of piperidine rings is 3. The van der Waals surface area contributed by atoms with E-state index in [-0.39, 0.29) is 31.1 Å². The molecule has 0 radical (unpaired) electrons. The Morgan fingerprint density at radius 1 is 1.26 bits per heavy atom. The maximum Gasteiger partial charge on any atom is 0.248 e. The Kier molecular flexibility index (Phi) is 4.76. The van der Waals surface area contributed by atoms with Crippen LogP contribution in [0.25, 0.3) is 0 Å². The Morgan fingerprint density at radius 3 is 2.47 bits per heavy atom. The second-order valence-electron chi connectivity index (χ2n) is 5.59. The van der Waals surface area contributed by atoms with Gasteiger partial charge >= 0.3 is 0 Å². The molecule has 0 aliphatic carbocycles. The SMILES string of the molecule is CN(C)C(=O)COCC(=O)NC1CN2CCC1CC2. The van der Waals surface area contributed by atoms with Crippen LogP contribution in [0.15, 0.2) is 0 Å². The Hall–Kier alpha value is -1.14. The summed E-state index contributed by atoms with van der Waals surface area (Å²) in [7, 11) is 3.33. The van der Waals surface area contributed by atoms with Crippen molar-refractivity contribution in [1.82, 2.24) is 15.1 Å². The highest BCUT2D eigenvalue weighted by Gasteiger charge is 2.34. The first-order valence-electron chi connectivity index (χ1n) is 6.86. The van der Waals surface area contributed by atoms with Gasteiger partial charge in [-0.05, 0) is 31.8 Å². The summed E-state index contributed by atoms with van der Waals surface area (Å²) in [5, 5.41) is 3.02. The summed E-state index contributed by atoms with van der Waals surface area (Å²) in [5.74, 6) is 0.360. The summed E-state index contributed by atoms with van der Waals surface area (Å²) < 4.78 is 5.12. The van der Waals surface area contributed by atoms with E-state index in [0.29, 0.717) is 5.92 Å². The van der Waals surface area contributed by atoms with E-state index in [0.717, 1.165) is 19.6 Å². The smallest absolute Gasteiger partial charge is 0.248 e. The number of carbonyl (C=O) groups is 2. The molecule has 3 heterocycles. The molecular formula is C13H23N3O3. The highest BCUT2D eigenvalue weighted by Crippen LogP contribution is 2.27. The lowest BCUT2D eigenvalue weighted by Crippen LogP contribution is -2.57. The van der Waals surface area contributed by atoms with Gasteiger partial charge in [0, 0.05) is 26.7 Å². The molecule has 3 saturated heterocycles. The van der Waals surface area contributed by atoms with E-state index in [2.05, 4.69) is 10.2 Å². The number of hydrogen-bond acceptors (Lipinski definition) is 4. The molecular weight excluding hydrogens is 246 g/mol. The molecule has 1 unspecified atom stereocenters. The van der Waals surface area contributed by atoms with Gasteiger partial charge < -0.3 is 19.9 Å². The van der Waals surface area contributed by atoms with Gasteiger partial charge in [0.2, 0.25) is 11.8 Å². The maximum absolute atomic E-state index is 11.8. The van der Waals surface area contributed by atoms with Gasteiger partial charge in [-0.15, -0.1) is 0 Å². The predicted octanol–water partition coefficient (Wildman–Crippen LogP) is -0.698. The van der Waals surface area contributed by atoms with E-state index in [1.165, 1.54) is 17.7 Å². The number of nitrogens with one attached hydrogen (secondary N) is 1. The zero-order chi connectivity index (χ0) is 13.8. The molecule has 19 heavy (non-hydrogen) atoms. The zero-order valence-corrected chi connectivity index (χ0v) is 11.7. The summed E-state index contributed by atoms with van der Waals surface area (Å²) in [6.45, 7) is 3.19. The first kappa shape index (κ1) is 14.3. The van der Waals surface area contributed by atoms with Gasteiger partial charge in [-0.25, -0.2) is 0 Å². The van der Waals surface area contributed by atoms with E-state index in [1.807, 2.05) is 0 Å². The van der Waals surface area contributed by atoms with Crippen molar-refractivity contribution in [3.05, 3.63) is 0 Å². The van der Waals surface area contributed by atoms with Crippen molar-refractivity contribution in [3.8, 4) is 0 Å². The fraction of sp³-hybridized carbons (Fsp3) is 0.846. The molecule has 1 atom stereocenters. The summed E-state index contributed by atoms with van der Waals surface area (Å²) in [4.78, 5) is 26.9. The maximum atomic E-state index is 11.8.